The fraction of sp³-hybridized carbons (Fsp3) is 0.444. The molecule has 1 amide bonds. The summed E-state index contributed by atoms with van der Waals surface area (Å²) in [6, 6.07) is 5.92. The summed E-state index contributed by atoms with van der Waals surface area (Å²) >= 11 is 0. The molecule has 1 N–H and O–H groups in total. The van der Waals surface area contributed by atoms with E-state index in [4.69, 9.17) is 0 Å². The van der Waals surface area contributed by atoms with Crippen LogP contribution in [0.25, 0.3) is 11.5 Å². The van der Waals surface area contributed by atoms with E-state index in [0.717, 1.165) is 12.3 Å². The molecule has 0 bridgehead atoms. The number of pyridine rings is 1. The molecule has 2 aromatic heterocycles. The predicted molar refractivity (Wildman–Crippen MR) is 86.6 cm³/mol. The van der Waals surface area contributed by atoms with Crippen molar-refractivity contribution in [3.8, 4) is 11.5 Å². The number of nitrogens with one attached hydrogen (secondary N) is 1. The molecule has 0 aliphatic heterocycles. The summed E-state index contributed by atoms with van der Waals surface area (Å²) in [4.78, 5) is 25.2. The Morgan fingerprint density at radius 3 is 2.70 bits per heavy atom. The fourth-order valence-electron chi connectivity index (χ4n) is 4.06. The van der Waals surface area contributed by atoms with E-state index in [9.17, 15) is 4.79 Å². The largest absolute Gasteiger partial charge is 0.349 e. The smallest absolute Gasteiger partial charge is 0.254 e. The summed E-state index contributed by atoms with van der Waals surface area (Å²) < 4.78 is 0. The van der Waals surface area contributed by atoms with Gasteiger partial charge in [0.1, 0.15) is 5.69 Å². The van der Waals surface area contributed by atoms with Crippen molar-refractivity contribution in [1.29, 1.82) is 0 Å². The van der Waals surface area contributed by atoms with Gasteiger partial charge in [-0.3, -0.25) is 9.78 Å². The van der Waals surface area contributed by atoms with Gasteiger partial charge in [0.2, 0.25) is 0 Å². The van der Waals surface area contributed by atoms with E-state index in [-0.39, 0.29) is 5.91 Å². The Hall–Kier alpha value is -2.30. The van der Waals surface area contributed by atoms with Gasteiger partial charge >= 0.3 is 0 Å². The average Bonchev–Trinajstić information content (AvgIpc) is 3.21. The molecule has 0 unspecified atom stereocenters. The minimum Gasteiger partial charge on any atom is -0.349 e. The van der Waals surface area contributed by atoms with Gasteiger partial charge in [-0.05, 0) is 43.2 Å². The molecule has 5 heteroatoms. The van der Waals surface area contributed by atoms with Crippen LogP contribution in [0.5, 0.6) is 0 Å². The topological polar surface area (TPSA) is 67.8 Å². The first-order chi connectivity index (χ1) is 11.3. The number of carbonyl (C=O) groups excluding carboxylic acids is 1. The Balaban J connectivity index is 1.45. The molecule has 5 nitrogen and oxygen atoms in total. The third kappa shape index (κ3) is 2.83. The molecule has 2 fully saturated rings. The van der Waals surface area contributed by atoms with Crippen LogP contribution in [0.1, 0.15) is 42.5 Å². The van der Waals surface area contributed by atoms with Crippen LogP contribution in [-0.4, -0.2) is 26.9 Å². The molecular weight excluding hydrogens is 288 g/mol. The van der Waals surface area contributed by atoms with Crippen LogP contribution in [0.4, 0.5) is 0 Å². The Morgan fingerprint density at radius 1 is 1.04 bits per heavy atom. The van der Waals surface area contributed by atoms with E-state index in [1.807, 2.05) is 18.2 Å². The van der Waals surface area contributed by atoms with E-state index in [1.165, 1.54) is 25.7 Å². The third-order valence-electron chi connectivity index (χ3n) is 5.21. The molecule has 2 aliphatic carbocycles. The van der Waals surface area contributed by atoms with E-state index >= 15 is 0 Å². The highest BCUT2D eigenvalue weighted by Crippen LogP contribution is 2.43. The van der Waals surface area contributed by atoms with E-state index in [2.05, 4.69) is 20.3 Å². The zero-order valence-electron chi connectivity index (χ0n) is 13.0. The van der Waals surface area contributed by atoms with Gasteiger partial charge in [-0.25, -0.2) is 9.97 Å². The van der Waals surface area contributed by atoms with Crippen LogP contribution in [0, 0.1) is 11.8 Å². The molecule has 118 valence electrons. The Labute approximate surface area is 135 Å². The van der Waals surface area contributed by atoms with E-state index in [0.29, 0.717) is 29.0 Å². The van der Waals surface area contributed by atoms with Crippen LogP contribution in [0.3, 0.4) is 0 Å². The van der Waals surface area contributed by atoms with Crippen LogP contribution in [0.15, 0.2) is 36.8 Å². The Morgan fingerprint density at radius 2 is 1.91 bits per heavy atom. The number of amides is 1. The first-order valence-electron chi connectivity index (χ1n) is 8.35. The second-order valence-corrected chi connectivity index (χ2v) is 6.52. The molecule has 2 saturated carbocycles. The molecule has 0 aromatic carbocycles. The Kier molecular flexibility index (Phi) is 3.77. The van der Waals surface area contributed by atoms with E-state index < -0.39 is 0 Å². The number of hydrogen-bond donors (Lipinski definition) is 1. The number of aromatic nitrogens is 3. The minimum atomic E-state index is -0.0601. The zero-order chi connectivity index (χ0) is 15.6. The lowest BCUT2D eigenvalue weighted by Crippen LogP contribution is -2.37. The lowest BCUT2D eigenvalue weighted by Gasteiger charge is -2.19. The quantitative estimate of drug-likeness (QED) is 0.946. The van der Waals surface area contributed by atoms with Crippen LogP contribution < -0.4 is 5.32 Å². The standard InChI is InChI=1S/C18H20N4O/c23-18(22-15-8-7-12-4-3-5-14(12)15)13-10-20-17(21-11-13)16-6-1-2-9-19-16/h1-2,6,9-12,14-15H,3-5,7-8H2,(H,22,23)/t12-,14-,15-/m1/s1. The average molecular weight is 308 g/mol. The number of carbonyl (C=O) groups is 1. The van der Waals surface area contributed by atoms with Crippen molar-refractivity contribution in [2.24, 2.45) is 11.8 Å². The van der Waals surface area contributed by atoms with Crippen molar-refractivity contribution in [2.45, 2.75) is 38.1 Å². The molecule has 2 heterocycles. The van der Waals surface area contributed by atoms with Gasteiger partial charge in [-0.15, -0.1) is 0 Å². The fourth-order valence-corrected chi connectivity index (χ4v) is 4.06. The summed E-state index contributed by atoms with van der Waals surface area (Å²) in [7, 11) is 0. The number of nitrogens with zero attached hydrogens (tertiary/aromatic N) is 3. The maximum atomic E-state index is 12.4. The number of hydrogen-bond acceptors (Lipinski definition) is 4. The van der Waals surface area contributed by atoms with Crippen molar-refractivity contribution in [3.05, 3.63) is 42.4 Å². The van der Waals surface area contributed by atoms with Crippen LogP contribution in [0.2, 0.25) is 0 Å². The van der Waals surface area contributed by atoms with Gasteiger partial charge in [0.05, 0.1) is 5.56 Å². The molecule has 2 aromatic rings. The maximum absolute atomic E-state index is 12.4. The summed E-state index contributed by atoms with van der Waals surface area (Å²) in [5, 5.41) is 3.19. The van der Waals surface area contributed by atoms with Gasteiger partial charge in [0.25, 0.3) is 5.91 Å². The summed E-state index contributed by atoms with van der Waals surface area (Å²) in [6.45, 7) is 0. The summed E-state index contributed by atoms with van der Waals surface area (Å²) in [5.74, 6) is 1.98. The molecule has 4 rings (SSSR count). The Bertz CT molecular complexity index is 686. The molecule has 3 atom stereocenters. The van der Waals surface area contributed by atoms with Crippen molar-refractivity contribution in [2.75, 3.05) is 0 Å². The second kappa shape index (κ2) is 6.07. The highest BCUT2D eigenvalue weighted by molar-refractivity contribution is 5.93. The highest BCUT2D eigenvalue weighted by Gasteiger charge is 2.39. The van der Waals surface area contributed by atoms with Gasteiger partial charge in [-0.2, -0.15) is 0 Å². The molecule has 0 spiro atoms. The second-order valence-electron chi connectivity index (χ2n) is 6.52. The van der Waals surface area contributed by atoms with Gasteiger partial charge < -0.3 is 5.32 Å². The lowest BCUT2D eigenvalue weighted by molar-refractivity contribution is 0.0925. The van der Waals surface area contributed by atoms with Crippen LogP contribution in [-0.2, 0) is 0 Å². The van der Waals surface area contributed by atoms with E-state index in [1.54, 1.807) is 18.6 Å². The van der Waals surface area contributed by atoms with Crippen molar-refractivity contribution < 1.29 is 4.79 Å². The summed E-state index contributed by atoms with van der Waals surface area (Å²) in [6.07, 6.45) is 11.1. The van der Waals surface area contributed by atoms with Crippen molar-refractivity contribution in [3.63, 3.8) is 0 Å². The molecule has 2 aliphatic rings. The first kappa shape index (κ1) is 14.3. The number of fused-ring (bicyclic) bond motifs is 1. The molecule has 23 heavy (non-hydrogen) atoms. The highest BCUT2D eigenvalue weighted by atomic mass is 16.1. The summed E-state index contributed by atoms with van der Waals surface area (Å²) in [5.41, 5.74) is 1.23. The molecular formula is C18H20N4O. The SMILES string of the molecule is O=C(N[C@@H]1CC[C@H]2CCC[C@H]21)c1cnc(-c2ccccn2)nc1. The normalized spacial score (nSPS) is 26.0. The van der Waals surface area contributed by atoms with Gasteiger partial charge in [0, 0.05) is 24.6 Å². The van der Waals surface area contributed by atoms with Crippen molar-refractivity contribution in [1.82, 2.24) is 20.3 Å². The van der Waals surface area contributed by atoms with Crippen molar-refractivity contribution >= 4 is 5.91 Å². The lowest BCUT2D eigenvalue weighted by atomic mass is 9.97. The zero-order valence-corrected chi connectivity index (χ0v) is 13.0. The minimum absolute atomic E-state index is 0.0601. The van der Waals surface area contributed by atoms with Gasteiger partial charge in [0.15, 0.2) is 5.82 Å². The molecule has 0 radical (unpaired) electrons. The monoisotopic (exact) mass is 308 g/mol. The maximum Gasteiger partial charge on any atom is 0.254 e. The van der Waals surface area contributed by atoms with Crippen LogP contribution >= 0.6 is 0 Å². The van der Waals surface area contributed by atoms with Gasteiger partial charge in [-0.1, -0.05) is 18.9 Å². The molecule has 0 saturated heterocycles. The third-order valence-corrected chi connectivity index (χ3v) is 5.21. The first-order valence-corrected chi connectivity index (χ1v) is 8.35. The number of rotatable bonds is 3. The predicted octanol–water partition coefficient (Wildman–Crippen LogP) is 2.85.